The molecule has 0 radical (unpaired) electrons. The van der Waals surface area contributed by atoms with Crippen molar-refractivity contribution in [1.29, 1.82) is 5.26 Å². The second-order valence-electron chi connectivity index (χ2n) is 5.47. The number of carbonyl (C=O) groups is 1. The summed E-state index contributed by atoms with van der Waals surface area (Å²) in [5.74, 6) is -0.854. The Balaban J connectivity index is 2.94. The molecule has 0 heterocycles. The van der Waals surface area contributed by atoms with E-state index >= 15 is 0 Å². The van der Waals surface area contributed by atoms with Crippen molar-refractivity contribution in [1.82, 2.24) is 0 Å². The minimum Gasteiger partial charge on any atom is -0.481 e. The van der Waals surface area contributed by atoms with Gasteiger partial charge in [0.15, 0.2) is 0 Å². The number of aliphatic carboxylic acids is 1. The number of hydrogen-bond acceptors (Lipinski definition) is 3. The van der Waals surface area contributed by atoms with Crippen LogP contribution >= 0.6 is 11.6 Å². The molecule has 0 aliphatic carbocycles. The predicted molar refractivity (Wildman–Crippen MR) is 75.3 cm³/mol. The summed E-state index contributed by atoms with van der Waals surface area (Å²) in [7, 11) is 0. The van der Waals surface area contributed by atoms with Crippen molar-refractivity contribution in [2.75, 3.05) is 5.32 Å². The first-order valence-corrected chi connectivity index (χ1v) is 6.30. The van der Waals surface area contributed by atoms with Crippen LogP contribution in [0.3, 0.4) is 0 Å². The maximum Gasteiger partial charge on any atom is 0.305 e. The third kappa shape index (κ3) is 4.46. The molecule has 1 unspecified atom stereocenters. The van der Waals surface area contributed by atoms with E-state index in [2.05, 4.69) is 5.32 Å². The molecule has 2 N–H and O–H groups in total. The van der Waals surface area contributed by atoms with Gasteiger partial charge in [-0.15, -0.1) is 0 Å². The number of nitriles is 1. The second kappa shape index (κ2) is 5.94. The third-order valence-electron chi connectivity index (χ3n) is 2.85. The lowest BCUT2D eigenvalue weighted by Crippen LogP contribution is -2.36. The summed E-state index contributed by atoms with van der Waals surface area (Å²) in [5.41, 5.74) is 0.904. The molecular formula is C14H17ClN2O2. The number of halogens is 1. The zero-order chi connectivity index (χ0) is 14.6. The lowest BCUT2D eigenvalue weighted by Gasteiger charge is -2.31. The molecular weight excluding hydrogens is 264 g/mol. The highest BCUT2D eigenvalue weighted by atomic mass is 35.5. The van der Waals surface area contributed by atoms with Crippen LogP contribution in [0.25, 0.3) is 0 Å². The van der Waals surface area contributed by atoms with Gasteiger partial charge < -0.3 is 10.4 Å². The number of anilines is 1. The Kier molecular flexibility index (Phi) is 4.79. The number of carboxylic acids is 1. The molecule has 1 aromatic carbocycles. The van der Waals surface area contributed by atoms with Crippen molar-refractivity contribution in [2.45, 2.75) is 33.2 Å². The zero-order valence-electron chi connectivity index (χ0n) is 11.2. The quantitative estimate of drug-likeness (QED) is 0.885. The molecule has 0 bridgehead atoms. The second-order valence-corrected chi connectivity index (χ2v) is 5.87. The van der Waals surface area contributed by atoms with Gasteiger partial charge in [0.1, 0.15) is 6.07 Å². The molecule has 4 nitrogen and oxygen atoms in total. The van der Waals surface area contributed by atoms with E-state index in [-0.39, 0.29) is 17.9 Å². The molecule has 0 amide bonds. The molecule has 0 aromatic heterocycles. The van der Waals surface area contributed by atoms with E-state index in [1.807, 2.05) is 26.8 Å². The van der Waals surface area contributed by atoms with E-state index < -0.39 is 5.97 Å². The standard InChI is InChI=1S/C14H17ClN2O2/c1-14(2,3)12(7-13(18)19)17-10-5-4-9(8-16)11(15)6-10/h4-6,12,17H,7H2,1-3H3,(H,18,19). The lowest BCUT2D eigenvalue weighted by molar-refractivity contribution is -0.137. The Hall–Kier alpha value is -1.73. The van der Waals surface area contributed by atoms with Crippen LogP contribution in [-0.2, 0) is 4.79 Å². The lowest BCUT2D eigenvalue weighted by atomic mass is 9.84. The first kappa shape index (κ1) is 15.3. The third-order valence-corrected chi connectivity index (χ3v) is 3.17. The van der Waals surface area contributed by atoms with Gasteiger partial charge >= 0.3 is 5.97 Å². The maximum absolute atomic E-state index is 10.9. The summed E-state index contributed by atoms with van der Waals surface area (Å²) in [6.45, 7) is 5.91. The minimum absolute atomic E-state index is 0.0150. The first-order chi connectivity index (χ1) is 8.74. The largest absolute Gasteiger partial charge is 0.481 e. The molecule has 5 heteroatoms. The average molecular weight is 281 g/mol. The van der Waals surface area contributed by atoms with Gasteiger partial charge in [0.25, 0.3) is 0 Å². The van der Waals surface area contributed by atoms with E-state index in [0.29, 0.717) is 16.3 Å². The van der Waals surface area contributed by atoms with Gasteiger partial charge in [-0.1, -0.05) is 32.4 Å². The molecule has 0 saturated carbocycles. The van der Waals surface area contributed by atoms with Gasteiger partial charge in [0.2, 0.25) is 0 Å². The van der Waals surface area contributed by atoms with E-state index in [4.69, 9.17) is 22.0 Å². The Morgan fingerprint density at radius 2 is 2.16 bits per heavy atom. The number of rotatable bonds is 4. The molecule has 1 atom stereocenters. The number of nitrogens with zero attached hydrogens (tertiary/aromatic N) is 1. The van der Waals surface area contributed by atoms with Crippen molar-refractivity contribution in [2.24, 2.45) is 5.41 Å². The molecule has 0 saturated heterocycles. The van der Waals surface area contributed by atoms with Gasteiger partial charge in [0, 0.05) is 11.7 Å². The van der Waals surface area contributed by atoms with Gasteiger partial charge in [-0.3, -0.25) is 4.79 Å². The Morgan fingerprint density at radius 3 is 2.58 bits per heavy atom. The van der Waals surface area contributed by atoms with Crippen LogP contribution in [0.2, 0.25) is 5.02 Å². The van der Waals surface area contributed by atoms with Crippen molar-refractivity contribution in [3.05, 3.63) is 28.8 Å². The Morgan fingerprint density at radius 1 is 1.53 bits per heavy atom. The van der Waals surface area contributed by atoms with Crippen LogP contribution in [0.15, 0.2) is 18.2 Å². The van der Waals surface area contributed by atoms with E-state index in [1.165, 1.54) is 0 Å². The van der Waals surface area contributed by atoms with E-state index in [9.17, 15) is 4.79 Å². The maximum atomic E-state index is 10.9. The monoisotopic (exact) mass is 280 g/mol. The summed E-state index contributed by atoms with van der Waals surface area (Å²) < 4.78 is 0. The van der Waals surface area contributed by atoms with Crippen LogP contribution < -0.4 is 5.32 Å². The Labute approximate surface area is 118 Å². The molecule has 1 aromatic rings. The van der Waals surface area contributed by atoms with Gasteiger partial charge in [-0.05, 0) is 23.6 Å². The highest BCUT2D eigenvalue weighted by Gasteiger charge is 2.26. The number of nitrogens with one attached hydrogen (secondary N) is 1. The molecule has 0 fully saturated rings. The molecule has 19 heavy (non-hydrogen) atoms. The fraction of sp³-hybridized carbons (Fsp3) is 0.429. The highest BCUT2D eigenvalue weighted by Crippen LogP contribution is 2.27. The van der Waals surface area contributed by atoms with Crippen LogP contribution in [0.4, 0.5) is 5.69 Å². The normalized spacial score (nSPS) is 12.6. The van der Waals surface area contributed by atoms with Gasteiger partial charge in [-0.25, -0.2) is 0 Å². The molecule has 0 spiro atoms. The van der Waals surface area contributed by atoms with Gasteiger partial charge in [-0.2, -0.15) is 5.26 Å². The van der Waals surface area contributed by atoms with Crippen molar-refractivity contribution < 1.29 is 9.90 Å². The number of carboxylic acid groups (broad SMARTS) is 1. The first-order valence-electron chi connectivity index (χ1n) is 5.92. The fourth-order valence-electron chi connectivity index (χ4n) is 1.65. The fourth-order valence-corrected chi connectivity index (χ4v) is 1.87. The number of benzene rings is 1. The van der Waals surface area contributed by atoms with Crippen molar-refractivity contribution >= 4 is 23.3 Å². The summed E-state index contributed by atoms with van der Waals surface area (Å²) in [6.07, 6.45) is 0.0150. The molecule has 0 aliphatic rings. The minimum atomic E-state index is -0.854. The summed E-state index contributed by atoms with van der Waals surface area (Å²) >= 11 is 5.95. The zero-order valence-corrected chi connectivity index (χ0v) is 12.0. The Bertz CT molecular complexity index is 515. The van der Waals surface area contributed by atoms with Crippen LogP contribution in [0.1, 0.15) is 32.8 Å². The topological polar surface area (TPSA) is 73.1 Å². The number of hydrogen-bond donors (Lipinski definition) is 2. The summed E-state index contributed by atoms with van der Waals surface area (Å²) in [5, 5.41) is 21.3. The van der Waals surface area contributed by atoms with Crippen LogP contribution in [-0.4, -0.2) is 17.1 Å². The van der Waals surface area contributed by atoms with E-state index in [1.54, 1.807) is 18.2 Å². The molecule has 102 valence electrons. The molecule has 1 rings (SSSR count). The highest BCUT2D eigenvalue weighted by molar-refractivity contribution is 6.32. The van der Waals surface area contributed by atoms with E-state index in [0.717, 1.165) is 0 Å². The summed E-state index contributed by atoms with van der Waals surface area (Å²) in [4.78, 5) is 10.9. The SMILES string of the molecule is CC(C)(C)C(CC(=O)O)Nc1ccc(C#N)c(Cl)c1. The smallest absolute Gasteiger partial charge is 0.305 e. The molecule has 0 aliphatic heterocycles. The van der Waals surface area contributed by atoms with Gasteiger partial charge in [0.05, 0.1) is 17.0 Å². The van der Waals surface area contributed by atoms with Crippen molar-refractivity contribution in [3.63, 3.8) is 0 Å². The van der Waals surface area contributed by atoms with Crippen molar-refractivity contribution in [3.8, 4) is 6.07 Å². The van der Waals surface area contributed by atoms with Crippen LogP contribution in [0.5, 0.6) is 0 Å². The average Bonchev–Trinajstić information content (AvgIpc) is 2.26. The predicted octanol–water partition coefficient (Wildman–Crippen LogP) is 3.51. The van der Waals surface area contributed by atoms with Crippen LogP contribution in [0, 0.1) is 16.7 Å². The summed E-state index contributed by atoms with van der Waals surface area (Å²) in [6, 6.07) is 6.74.